The molecule has 2 aromatic carbocycles. The third-order valence-corrected chi connectivity index (χ3v) is 6.98. The van der Waals surface area contributed by atoms with E-state index >= 15 is 0 Å². The lowest BCUT2D eigenvalue weighted by Gasteiger charge is -2.09. The predicted octanol–water partition coefficient (Wildman–Crippen LogP) is 6.53. The molecule has 178 valence electrons. The number of halogens is 2. The summed E-state index contributed by atoms with van der Waals surface area (Å²) in [6.07, 6.45) is 0. The highest BCUT2D eigenvalue weighted by molar-refractivity contribution is 7.23. The van der Waals surface area contributed by atoms with Crippen LogP contribution in [0.5, 0.6) is 5.75 Å². The lowest BCUT2D eigenvalue weighted by atomic mass is 10.2. The molecule has 0 aliphatic carbocycles. The number of rotatable bonds is 9. The van der Waals surface area contributed by atoms with Crippen LogP contribution in [-0.2, 0) is 13.2 Å². The average molecular weight is 529 g/mol. The Morgan fingerprint density at radius 1 is 1.26 bits per heavy atom. The van der Waals surface area contributed by atoms with Gasteiger partial charge < -0.3 is 15.8 Å². The summed E-state index contributed by atoms with van der Waals surface area (Å²) in [6.45, 7) is 0.354. The van der Waals surface area contributed by atoms with Gasteiger partial charge in [0, 0.05) is 17.3 Å². The monoisotopic (exact) mass is 528 g/mol. The molecular weight excluding hydrogens is 511 g/mol. The first-order valence-electron chi connectivity index (χ1n) is 10.1. The molecule has 0 saturated heterocycles. The van der Waals surface area contributed by atoms with Gasteiger partial charge in [0.05, 0.1) is 22.9 Å². The van der Waals surface area contributed by atoms with Crippen LogP contribution >= 0.6 is 34.3 Å². The van der Waals surface area contributed by atoms with Crippen molar-refractivity contribution in [2.45, 2.75) is 13.2 Å². The molecule has 2 aromatic heterocycles. The number of ether oxygens (including phenoxy) is 1. The fraction of sp³-hybridized carbons (Fsp3) is 0.136. The number of aromatic nitrogens is 2. The molecule has 0 aliphatic heterocycles. The zero-order chi connectivity index (χ0) is 24.8. The summed E-state index contributed by atoms with van der Waals surface area (Å²) in [4.78, 5) is 16.3. The van der Waals surface area contributed by atoms with Gasteiger partial charge in [0.1, 0.15) is 28.9 Å². The van der Waals surface area contributed by atoms with Gasteiger partial charge in [-0.15, -0.1) is 11.3 Å². The fourth-order valence-electron chi connectivity index (χ4n) is 2.99. The Bertz CT molecular complexity index is 1430. The summed E-state index contributed by atoms with van der Waals surface area (Å²) in [5, 5.41) is 10.9. The number of aliphatic imine (C=N–C) groups is 1. The van der Waals surface area contributed by atoms with Gasteiger partial charge in [0.2, 0.25) is 0 Å². The Labute approximate surface area is 212 Å². The van der Waals surface area contributed by atoms with E-state index in [4.69, 9.17) is 27.6 Å². The van der Waals surface area contributed by atoms with Crippen molar-refractivity contribution in [2.24, 2.45) is 15.8 Å². The molecule has 0 amide bonds. The van der Waals surface area contributed by atoms with E-state index in [0.29, 0.717) is 43.4 Å². The molecule has 0 atom stereocenters. The molecule has 3 N–H and O–H groups in total. The van der Waals surface area contributed by atoms with E-state index in [0.717, 1.165) is 5.00 Å². The van der Waals surface area contributed by atoms with Crippen LogP contribution in [0.4, 0.5) is 15.1 Å². The molecule has 0 radical (unpaired) electrons. The predicted molar refractivity (Wildman–Crippen MR) is 138 cm³/mol. The van der Waals surface area contributed by atoms with Crippen LogP contribution in [-0.4, -0.2) is 22.9 Å². The number of nitrogens with one attached hydrogen (secondary N) is 1. The maximum absolute atomic E-state index is 13.3. The summed E-state index contributed by atoms with van der Waals surface area (Å²) in [5.74, 6) is 0.319. The minimum Gasteiger partial charge on any atom is -0.487 e. The second-order valence-corrected chi connectivity index (χ2v) is 9.27. The van der Waals surface area contributed by atoms with E-state index in [2.05, 4.69) is 30.3 Å². The van der Waals surface area contributed by atoms with Gasteiger partial charge in [-0.05, 0) is 41.4 Å². The maximum atomic E-state index is 13.3. The highest BCUT2D eigenvalue weighted by atomic mass is 35.5. The summed E-state index contributed by atoms with van der Waals surface area (Å²) < 4.78 is 19.1. The first-order valence-corrected chi connectivity index (χ1v) is 12.2. The molecule has 4 aromatic rings. The number of nitrogens with two attached hydrogens (primary N) is 1. The van der Waals surface area contributed by atoms with Crippen molar-refractivity contribution in [1.29, 1.82) is 0 Å². The molecule has 13 heteroatoms. The summed E-state index contributed by atoms with van der Waals surface area (Å²) in [7, 11) is 1.77. The minimum atomic E-state index is -0.327. The number of hydrogen-bond acceptors (Lipinski definition) is 8. The molecule has 0 aliphatic rings. The SMILES string of the molecule is CNc1sc(-c2nc(CN=[N+]=[N-])cs2)nc1C(N)=Nc1ccc(OCc2cccc(F)c2)c(Cl)c1. The first kappa shape index (κ1) is 24.4. The molecule has 4 rings (SSSR count). The number of benzene rings is 2. The van der Waals surface area contributed by atoms with Crippen molar-refractivity contribution in [3.63, 3.8) is 0 Å². The van der Waals surface area contributed by atoms with Crippen molar-refractivity contribution in [2.75, 3.05) is 12.4 Å². The second-order valence-electron chi connectivity index (χ2n) is 7.01. The normalized spacial score (nSPS) is 11.2. The standard InChI is InChI=1S/C22H18ClFN8OS2/c1-27-20-18(31-22(35-20)21-30-15(11-34-21)9-28-32-26)19(25)29-14-5-6-17(16(23)8-14)33-10-12-3-2-4-13(24)7-12/h2-8,11,27H,9-10H2,1H3,(H2,25,29). The van der Waals surface area contributed by atoms with Crippen LogP contribution in [0.25, 0.3) is 20.5 Å². The van der Waals surface area contributed by atoms with Gasteiger partial charge >= 0.3 is 0 Å². The zero-order valence-corrected chi connectivity index (χ0v) is 20.7. The Balaban J connectivity index is 1.52. The smallest absolute Gasteiger partial charge is 0.155 e. The molecule has 0 unspecified atom stereocenters. The third-order valence-electron chi connectivity index (χ3n) is 4.58. The van der Waals surface area contributed by atoms with Crippen molar-refractivity contribution in [3.8, 4) is 15.8 Å². The van der Waals surface area contributed by atoms with Gasteiger partial charge in [0.15, 0.2) is 15.9 Å². The van der Waals surface area contributed by atoms with E-state index in [1.807, 2.05) is 5.38 Å². The van der Waals surface area contributed by atoms with E-state index in [-0.39, 0.29) is 24.8 Å². The van der Waals surface area contributed by atoms with Crippen molar-refractivity contribution >= 4 is 50.8 Å². The van der Waals surface area contributed by atoms with Gasteiger partial charge in [-0.2, -0.15) is 0 Å². The molecule has 0 spiro atoms. The quantitative estimate of drug-likeness (QED) is 0.0837. The van der Waals surface area contributed by atoms with E-state index < -0.39 is 0 Å². The Morgan fingerprint density at radius 3 is 2.86 bits per heavy atom. The maximum Gasteiger partial charge on any atom is 0.155 e. The number of nitrogens with zero attached hydrogens (tertiary/aromatic N) is 6. The lowest BCUT2D eigenvalue weighted by molar-refractivity contribution is 0.306. The zero-order valence-electron chi connectivity index (χ0n) is 18.3. The molecule has 0 bridgehead atoms. The number of hydrogen-bond donors (Lipinski definition) is 2. The van der Waals surface area contributed by atoms with Crippen LogP contribution < -0.4 is 15.8 Å². The number of azide groups is 1. The van der Waals surface area contributed by atoms with Crippen molar-refractivity contribution in [1.82, 2.24) is 9.97 Å². The van der Waals surface area contributed by atoms with Crippen LogP contribution in [0.15, 0.2) is 58.0 Å². The Hall–Kier alpha value is -3.70. The minimum absolute atomic E-state index is 0.177. The Morgan fingerprint density at radius 2 is 2.11 bits per heavy atom. The van der Waals surface area contributed by atoms with Gasteiger partial charge in [-0.3, -0.25) is 0 Å². The second kappa shape index (κ2) is 11.2. The van der Waals surface area contributed by atoms with E-state index in [9.17, 15) is 4.39 Å². The Kier molecular flexibility index (Phi) is 7.78. The molecule has 35 heavy (non-hydrogen) atoms. The molecule has 2 heterocycles. The topological polar surface area (TPSA) is 134 Å². The number of thiazole rings is 2. The van der Waals surface area contributed by atoms with Crippen molar-refractivity contribution in [3.05, 3.63) is 86.1 Å². The molecule has 0 fully saturated rings. The van der Waals surface area contributed by atoms with Crippen LogP contribution in [0.3, 0.4) is 0 Å². The average Bonchev–Trinajstić information content (AvgIpc) is 3.49. The highest BCUT2D eigenvalue weighted by Crippen LogP contribution is 2.35. The van der Waals surface area contributed by atoms with Crippen LogP contribution in [0, 0.1) is 5.82 Å². The number of anilines is 1. The third kappa shape index (κ3) is 6.06. The lowest BCUT2D eigenvalue weighted by Crippen LogP contribution is -2.15. The summed E-state index contributed by atoms with van der Waals surface area (Å²) >= 11 is 9.16. The molecule has 9 nitrogen and oxygen atoms in total. The van der Waals surface area contributed by atoms with Crippen LogP contribution in [0.1, 0.15) is 17.0 Å². The first-order chi connectivity index (χ1) is 17.0. The molecular formula is C22H18ClFN8OS2. The highest BCUT2D eigenvalue weighted by Gasteiger charge is 2.17. The van der Waals surface area contributed by atoms with Gasteiger partial charge in [-0.1, -0.05) is 40.2 Å². The summed E-state index contributed by atoms with van der Waals surface area (Å²) in [5.41, 5.74) is 17.1. The fourth-order valence-corrected chi connectivity index (χ4v) is 4.99. The molecule has 0 saturated carbocycles. The van der Waals surface area contributed by atoms with Crippen LogP contribution in [0.2, 0.25) is 5.02 Å². The van der Waals surface area contributed by atoms with Gasteiger partial charge in [-0.25, -0.2) is 19.4 Å². The van der Waals surface area contributed by atoms with Gasteiger partial charge in [0.25, 0.3) is 0 Å². The summed E-state index contributed by atoms with van der Waals surface area (Å²) in [6, 6.07) is 11.2. The number of amidine groups is 1. The largest absolute Gasteiger partial charge is 0.487 e. The van der Waals surface area contributed by atoms with E-state index in [1.165, 1.54) is 34.8 Å². The van der Waals surface area contributed by atoms with Crippen molar-refractivity contribution < 1.29 is 9.13 Å². The van der Waals surface area contributed by atoms with E-state index in [1.54, 1.807) is 37.4 Å².